The van der Waals surface area contributed by atoms with Crippen molar-refractivity contribution >= 4 is 0 Å². The molecule has 0 saturated heterocycles. The molecular formula is C12H19NO. The third-order valence-corrected chi connectivity index (χ3v) is 2.34. The maximum atomic E-state index is 5.77. The molecule has 0 amide bonds. The van der Waals surface area contributed by atoms with Crippen molar-refractivity contribution in [3.63, 3.8) is 0 Å². The fraction of sp³-hybridized carbons (Fsp3) is 0.500. The molecule has 1 aromatic carbocycles. The normalized spacial score (nSPS) is 12.6. The summed E-state index contributed by atoms with van der Waals surface area (Å²) in [4.78, 5) is 0. The molecule has 1 atom stereocenters. The molecule has 0 saturated carbocycles. The average Bonchev–Trinajstić information content (AvgIpc) is 2.17. The monoisotopic (exact) mass is 193 g/mol. The van der Waals surface area contributed by atoms with E-state index in [0.29, 0.717) is 6.54 Å². The highest BCUT2D eigenvalue weighted by Crippen LogP contribution is 2.20. The van der Waals surface area contributed by atoms with Gasteiger partial charge in [0.15, 0.2) is 0 Å². The summed E-state index contributed by atoms with van der Waals surface area (Å²) >= 11 is 0. The Kier molecular flexibility index (Phi) is 3.96. The molecule has 2 heteroatoms. The summed E-state index contributed by atoms with van der Waals surface area (Å²) in [6.07, 6.45) is 1.08. The Labute approximate surface area is 86.1 Å². The number of ether oxygens (including phenoxy) is 1. The van der Waals surface area contributed by atoms with Crippen molar-refractivity contribution in [1.82, 2.24) is 0 Å². The molecule has 78 valence electrons. The van der Waals surface area contributed by atoms with Crippen molar-refractivity contribution in [1.29, 1.82) is 0 Å². The highest BCUT2D eigenvalue weighted by molar-refractivity contribution is 5.35. The minimum absolute atomic E-state index is 0.136. The molecule has 0 aliphatic rings. The van der Waals surface area contributed by atoms with Crippen LogP contribution in [0.2, 0.25) is 0 Å². The van der Waals surface area contributed by atoms with Gasteiger partial charge in [-0.3, -0.25) is 0 Å². The van der Waals surface area contributed by atoms with Crippen LogP contribution in [0.1, 0.15) is 24.5 Å². The molecule has 0 aromatic heterocycles. The first-order valence-electron chi connectivity index (χ1n) is 5.11. The van der Waals surface area contributed by atoms with Crippen molar-refractivity contribution in [2.45, 2.75) is 33.3 Å². The number of aryl methyl sites for hydroxylation is 2. The van der Waals surface area contributed by atoms with Crippen LogP contribution in [0.3, 0.4) is 0 Å². The lowest BCUT2D eigenvalue weighted by atomic mass is 10.1. The van der Waals surface area contributed by atoms with Crippen LogP contribution >= 0.6 is 0 Å². The van der Waals surface area contributed by atoms with Crippen molar-refractivity contribution in [3.05, 3.63) is 29.3 Å². The van der Waals surface area contributed by atoms with Crippen LogP contribution in [0.4, 0.5) is 0 Å². The van der Waals surface area contributed by atoms with E-state index in [9.17, 15) is 0 Å². The van der Waals surface area contributed by atoms with E-state index in [0.717, 1.165) is 12.2 Å². The summed E-state index contributed by atoms with van der Waals surface area (Å²) in [5.41, 5.74) is 8.02. The van der Waals surface area contributed by atoms with Gasteiger partial charge >= 0.3 is 0 Å². The number of hydrogen-bond donors (Lipinski definition) is 1. The molecular weight excluding hydrogens is 174 g/mol. The minimum atomic E-state index is 0.136. The van der Waals surface area contributed by atoms with Gasteiger partial charge in [0.2, 0.25) is 0 Å². The van der Waals surface area contributed by atoms with E-state index in [4.69, 9.17) is 10.5 Å². The van der Waals surface area contributed by atoms with Gasteiger partial charge in [0.1, 0.15) is 11.9 Å². The molecule has 0 spiro atoms. The zero-order valence-electron chi connectivity index (χ0n) is 9.21. The highest BCUT2D eigenvalue weighted by Gasteiger charge is 2.07. The van der Waals surface area contributed by atoms with E-state index in [1.807, 2.05) is 6.07 Å². The summed E-state index contributed by atoms with van der Waals surface area (Å²) < 4.78 is 5.77. The maximum Gasteiger partial charge on any atom is 0.122 e. The van der Waals surface area contributed by atoms with Gasteiger partial charge in [-0.1, -0.05) is 24.6 Å². The maximum absolute atomic E-state index is 5.77. The molecule has 1 rings (SSSR count). The summed E-state index contributed by atoms with van der Waals surface area (Å²) in [5, 5.41) is 0. The van der Waals surface area contributed by atoms with Crippen molar-refractivity contribution < 1.29 is 4.74 Å². The van der Waals surface area contributed by atoms with Gasteiger partial charge in [-0.2, -0.15) is 0 Å². The number of rotatable bonds is 4. The molecule has 0 fully saturated rings. The summed E-state index contributed by atoms with van der Waals surface area (Å²) in [6.45, 7) is 6.80. The topological polar surface area (TPSA) is 35.2 Å². The van der Waals surface area contributed by atoms with Gasteiger partial charge in [-0.25, -0.2) is 0 Å². The minimum Gasteiger partial charge on any atom is -0.489 e. The molecule has 0 radical (unpaired) electrons. The lowest BCUT2D eigenvalue weighted by molar-refractivity contribution is 0.204. The Bertz CT molecular complexity index is 292. The first-order valence-corrected chi connectivity index (χ1v) is 5.11. The van der Waals surface area contributed by atoms with Crippen molar-refractivity contribution in [2.75, 3.05) is 6.54 Å². The van der Waals surface area contributed by atoms with E-state index in [2.05, 4.69) is 32.9 Å². The predicted octanol–water partition coefficient (Wildman–Crippen LogP) is 2.42. The standard InChI is InChI=1S/C12H19NO/c1-4-11(8-13)14-12-6-5-9(2)7-10(12)3/h5-7,11H,4,8,13H2,1-3H3. The van der Waals surface area contributed by atoms with Gasteiger partial charge in [0.05, 0.1) is 0 Å². The molecule has 1 unspecified atom stereocenters. The third-order valence-electron chi connectivity index (χ3n) is 2.34. The second kappa shape index (κ2) is 5.01. The zero-order chi connectivity index (χ0) is 10.6. The SMILES string of the molecule is CCC(CN)Oc1ccc(C)cc1C. The van der Waals surface area contributed by atoms with Crippen LogP contribution in [-0.4, -0.2) is 12.6 Å². The number of benzene rings is 1. The van der Waals surface area contributed by atoms with Crippen molar-refractivity contribution in [3.8, 4) is 5.75 Å². The van der Waals surface area contributed by atoms with Gasteiger partial charge in [-0.05, 0) is 31.9 Å². The predicted molar refractivity (Wildman–Crippen MR) is 59.7 cm³/mol. The van der Waals surface area contributed by atoms with E-state index in [1.54, 1.807) is 0 Å². The van der Waals surface area contributed by atoms with Crippen LogP contribution in [0.25, 0.3) is 0 Å². The fourth-order valence-corrected chi connectivity index (χ4v) is 1.41. The van der Waals surface area contributed by atoms with Crippen LogP contribution in [0, 0.1) is 13.8 Å². The molecule has 0 bridgehead atoms. The van der Waals surface area contributed by atoms with Gasteiger partial charge in [0.25, 0.3) is 0 Å². The second-order valence-electron chi connectivity index (χ2n) is 3.65. The Balaban J connectivity index is 2.76. The Hall–Kier alpha value is -1.02. The lowest BCUT2D eigenvalue weighted by Crippen LogP contribution is -2.25. The average molecular weight is 193 g/mol. The van der Waals surface area contributed by atoms with Crippen molar-refractivity contribution in [2.24, 2.45) is 5.73 Å². The third kappa shape index (κ3) is 2.74. The molecule has 2 nitrogen and oxygen atoms in total. The molecule has 1 aromatic rings. The summed E-state index contributed by atoms with van der Waals surface area (Å²) in [6, 6.07) is 6.20. The van der Waals surface area contributed by atoms with E-state index in [-0.39, 0.29) is 6.10 Å². The Morgan fingerprint density at radius 2 is 2.07 bits per heavy atom. The highest BCUT2D eigenvalue weighted by atomic mass is 16.5. The number of nitrogens with two attached hydrogens (primary N) is 1. The molecule has 0 heterocycles. The smallest absolute Gasteiger partial charge is 0.122 e. The quantitative estimate of drug-likeness (QED) is 0.797. The van der Waals surface area contributed by atoms with E-state index < -0.39 is 0 Å². The number of hydrogen-bond acceptors (Lipinski definition) is 2. The fourth-order valence-electron chi connectivity index (χ4n) is 1.41. The molecule has 0 aliphatic heterocycles. The largest absolute Gasteiger partial charge is 0.489 e. The van der Waals surface area contributed by atoms with Crippen LogP contribution in [0.5, 0.6) is 5.75 Å². The van der Waals surface area contributed by atoms with E-state index >= 15 is 0 Å². The molecule has 2 N–H and O–H groups in total. The van der Waals surface area contributed by atoms with Gasteiger partial charge in [-0.15, -0.1) is 0 Å². The zero-order valence-corrected chi connectivity index (χ0v) is 9.21. The molecule has 14 heavy (non-hydrogen) atoms. The first kappa shape index (κ1) is 11.1. The van der Waals surface area contributed by atoms with Crippen LogP contribution < -0.4 is 10.5 Å². The first-order chi connectivity index (χ1) is 6.67. The second-order valence-corrected chi connectivity index (χ2v) is 3.65. The molecule has 0 aliphatic carbocycles. The summed E-state index contributed by atoms with van der Waals surface area (Å²) in [7, 11) is 0. The van der Waals surface area contributed by atoms with Crippen LogP contribution in [0.15, 0.2) is 18.2 Å². The van der Waals surface area contributed by atoms with Gasteiger partial charge < -0.3 is 10.5 Å². The van der Waals surface area contributed by atoms with E-state index in [1.165, 1.54) is 11.1 Å². The summed E-state index contributed by atoms with van der Waals surface area (Å²) in [5.74, 6) is 0.952. The Morgan fingerprint density at radius 3 is 2.57 bits per heavy atom. The van der Waals surface area contributed by atoms with Gasteiger partial charge in [0, 0.05) is 6.54 Å². The van der Waals surface area contributed by atoms with Crippen LogP contribution in [-0.2, 0) is 0 Å². The lowest BCUT2D eigenvalue weighted by Gasteiger charge is -2.17. The Morgan fingerprint density at radius 1 is 1.36 bits per heavy atom.